The Balaban J connectivity index is 1.74. The summed E-state index contributed by atoms with van der Waals surface area (Å²) in [5.41, 5.74) is 2.23. The first-order valence-electron chi connectivity index (χ1n) is 6.96. The van der Waals surface area contributed by atoms with Crippen molar-refractivity contribution >= 4 is 27.5 Å². The number of hydrogen-bond donors (Lipinski definition) is 0. The molecule has 0 fully saturated rings. The molecule has 0 N–H and O–H groups in total. The van der Waals surface area contributed by atoms with Crippen LogP contribution >= 0.6 is 15.9 Å². The predicted octanol–water partition coefficient (Wildman–Crippen LogP) is 3.81. The van der Waals surface area contributed by atoms with Crippen LogP contribution in [0.2, 0.25) is 0 Å². The van der Waals surface area contributed by atoms with Crippen LogP contribution in [0.1, 0.15) is 12.5 Å². The Labute approximate surface area is 132 Å². The molecule has 3 rings (SSSR count). The number of hydrogen-bond acceptors (Lipinski definition) is 2. The molecule has 0 saturated heterocycles. The number of para-hydroxylation sites is 1. The van der Waals surface area contributed by atoms with Crippen LogP contribution in [-0.4, -0.2) is 18.6 Å². The topological polar surface area (TPSA) is 29.5 Å². The molecule has 4 heteroatoms. The van der Waals surface area contributed by atoms with Crippen molar-refractivity contribution < 1.29 is 9.53 Å². The molecule has 0 spiro atoms. The monoisotopic (exact) mass is 345 g/mol. The lowest BCUT2D eigenvalue weighted by Crippen LogP contribution is -2.39. The van der Waals surface area contributed by atoms with Gasteiger partial charge in [-0.3, -0.25) is 4.79 Å². The number of amides is 1. The van der Waals surface area contributed by atoms with E-state index < -0.39 is 6.10 Å². The Kier molecular flexibility index (Phi) is 3.97. The van der Waals surface area contributed by atoms with Crippen molar-refractivity contribution in [2.75, 3.05) is 11.4 Å². The quantitative estimate of drug-likeness (QED) is 0.846. The van der Waals surface area contributed by atoms with Gasteiger partial charge >= 0.3 is 0 Å². The van der Waals surface area contributed by atoms with Crippen LogP contribution < -0.4 is 9.64 Å². The zero-order valence-electron chi connectivity index (χ0n) is 11.8. The van der Waals surface area contributed by atoms with Gasteiger partial charge in [0.1, 0.15) is 5.75 Å². The number of fused-ring (bicyclic) bond motifs is 1. The summed E-state index contributed by atoms with van der Waals surface area (Å²) >= 11 is 3.40. The Morgan fingerprint density at radius 1 is 1.24 bits per heavy atom. The van der Waals surface area contributed by atoms with Crippen molar-refractivity contribution in [1.29, 1.82) is 0 Å². The van der Waals surface area contributed by atoms with E-state index in [0.717, 1.165) is 23.1 Å². The molecule has 1 unspecified atom stereocenters. The first-order valence-corrected chi connectivity index (χ1v) is 7.76. The van der Waals surface area contributed by atoms with E-state index in [1.807, 2.05) is 47.4 Å². The molecule has 0 aliphatic carbocycles. The minimum Gasteiger partial charge on any atom is -0.481 e. The van der Waals surface area contributed by atoms with Gasteiger partial charge in [-0.2, -0.15) is 0 Å². The summed E-state index contributed by atoms with van der Waals surface area (Å²) in [4.78, 5) is 14.4. The van der Waals surface area contributed by atoms with Crippen molar-refractivity contribution in [1.82, 2.24) is 0 Å². The number of rotatable bonds is 3. The summed E-state index contributed by atoms with van der Waals surface area (Å²) in [6.45, 7) is 2.52. The zero-order chi connectivity index (χ0) is 14.8. The molecule has 0 bridgehead atoms. The van der Waals surface area contributed by atoms with Crippen LogP contribution in [0, 0.1) is 0 Å². The highest BCUT2D eigenvalue weighted by Crippen LogP contribution is 2.28. The minimum absolute atomic E-state index is 0.0000690. The summed E-state index contributed by atoms with van der Waals surface area (Å²) in [5, 5.41) is 0. The van der Waals surface area contributed by atoms with Crippen LogP contribution in [0.4, 0.5) is 5.69 Å². The molecule has 21 heavy (non-hydrogen) atoms. The van der Waals surface area contributed by atoms with Crippen LogP contribution in [0.15, 0.2) is 53.0 Å². The second kappa shape index (κ2) is 5.90. The van der Waals surface area contributed by atoms with E-state index in [2.05, 4.69) is 22.0 Å². The molecular weight excluding hydrogens is 330 g/mol. The summed E-state index contributed by atoms with van der Waals surface area (Å²) < 4.78 is 6.70. The normalized spacial score (nSPS) is 14.7. The molecule has 1 atom stereocenters. The predicted molar refractivity (Wildman–Crippen MR) is 86.7 cm³/mol. The molecule has 1 heterocycles. The summed E-state index contributed by atoms with van der Waals surface area (Å²) in [5.74, 6) is 0.692. The molecule has 1 aliphatic rings. The molecule has 0 radical (unpaired) electrons. The van der Waals surface area contributed by atoms with Gasteiger partial charge in [-0.25, -0.2) is 0 Å². The maximum Gasteiger partial charge on any atom is 0.267 e. The SMILES string of the molecule is CC(Oc1cccc(Br)c1)C(=O)N1CCc2ccccc21. The van der Waals surface area contributed by atoms with Crippen LogP contribution in [0.5, 0.6) is 5.75 Å². The lowest BCUT2D eigenvalue weighted by Gasteiger charge is -2.22. The standard InChI is InChI=1S/C17H16BrNO2/c1-12(21-15-7-4-6-14(18)11-15)17(20)19-10-9-13-5-2-3-8-16(13)19/h2-8,11-12H,9-10H2,1H3. The van der Waals surface area contributed by atoms with Gasteiger partial charge in [-0.05, 0) is 43.2 Å². The van der Waals surface area contributed by atoms with Crippen molar-refractivity contribution in [2.45, 2.75) is 19.4 Å². The van der Waals surface area contributed by atoms with Gasteiger partial charge < -0.3 is 9.64 Å². The Bertz CT molecular complexity index is 671. The summed E-state index contributed by atoms with van der Waals surface area (Å²) in [6, 6.07) is 15.6. The highest BCUT2D eigenvalue weighted by molar-refractivity contribution is 9.10. The second-order valence-electron chi connectivity index (χ2n) is 5.09. The average molecular weight is 346 g/mol. The fourth-order valence-electron chi connectivity index (χ4n) is 2.58. The fourth-order valence-corrected chi connectivity index (χ4v) is 2.96. The van der Waals surface area contributed by atoms with Crippen molar-refractivity contribution in [2.24, 2.45) is 0 Å². The lowest BCUT2D eigenvalue weighted by atomic mass is 10.2. The molecule has 0 aromatic heterocycles. The van der Waals surface area contributed by atoms with Crippen molar-refractivity contribution in [3.05, 3.63) is 58.6 Å². The molecule has 0 saturated carbocycles. The Hall–Kier alpha value is -1.81. The molecule has 1 aliphatic heterocycles. The highest BCUT2D eigenvalue weighted by Gasteiger charge is 2.28. The van der Waals surface area contributed by atoms with E-state index in [1.54, 1.807) is 6.92 Å². The van der Waals surface area contributed by atoms with Gasteiger partial charge in [0.25, 0.3) is 5.91 Å². The Morgan fingerprint density at radius 3 is 2.86 bits per heavy atom. The van der Waals surface area contributed by atoms with Crippen molar-refractivity contribution in [3.63, 3.8) is 0 Å². The Morgan fingerprint density at radius 2 is 2.05 bits per heavy atom. The smallest absolute Gasteiger partial charge is 0.267 e. The zero-order valence-corrected chi connectivity index (χ0v) is 13.3. The number of benzene rings is 2. The molecule has 3 nitrogen and oxygen atoms in total. The van der Waals surface area contributed by atoms with Gasteiger partial charge in [-0.1, -0.05) is 40.2 Å². The van der Waals surface area contributed by atoms with E-state index >= 15 is 0 Å². The fraction of sp³-hybridized carbons (Fsp3) is 0.235. The van der Waals surface area contributed by atoms with E-state index in [0.29, 0.717) is 5.75 Å². The largest absolute Gasteiger partial charge is 0.481 e. The molecule has 1 amide bonds. The van der Waals surface area contributed by atoms with E-state index in [9.17, 15) is 4.79 Å². The first-order chi connectivity index (χ1) is 10.1. The third kappa shape index (κ3) is 2.95. The number of carbonyl (C=O) groups is 1. The number of nitrogens with zero attached hydrogens (tertiary/aromatic N) is 1. The third-order valence-electron chi connectivity index (χ3n) is 3.61. The number of halogens is 1. The van der Waals surface area contributed by atoms with Gasteiger partial charge in [-0.15, -0.1) is 0 Å². The highest BCUT2D eigenvalue weighted by atomic mass is 79.9. The van der Waals surface area contributed by atoms with Crippen LogP contribution in [-0.2, 0) is 11.2 Å². The second-order valence-corrected chi connectivity index (χ2v) is 6.00. The maximum atomic E-state index is 12.6. The minimum atomic E-state index is -0.509. The van der Waals surface area contributed by atoms with Gasteiger partial charge in [0.2, 0.25) is 0 Å². The summed E-state index contributed by atoms with van der Waals surface area (Å²) in [7, 11) is 0. The van der Waals surface area contributed by atoms with Crippen LogP contribution in [0.3, 0.4) is 0 Å². The average Bonchev–Trinajstić information content (AvgIpc) is 2.90. The lowest BCUT2D eigenvalue weighted by molar-refractivity contribution is -0.124. The maximum absolute atomic E-state index is 12.6. The third-order valence-corrected chi connectivity index (χ3v) is 4.10. The van der Waals surface area contributed by atoms with Gasteiger partial charge in [0.05, 0.1) is 0 Å². The molecule has 108 valence electrons. The molecule has 2 aromatic rings. The molecule has 2 aromatic carbocycles. The van der Waals surface area contributed by atoms with Gasteiger partial charge in [0.15, 0.2) is 6.10 Å². The number of carbonyl (C=O) groups excluding carboxylic acids is 1. The molecular formula is C17H16BrNO2. The van der Waals surface area contributed by atoms with Gasteiger partial charge in [0, 0.05) is 16.7 Å². The van der Waals surface area contributed by atoms with E-state index in [-0.39, 0.29) is 5.91 Å². The van der Waals surface area contributed by atoms with Crippen molar-refractivity contribution in [3.8, 4) is 5.75 Å². The summed E-state index contributed by atoms with van der Waals surface area (Å²) in [6.07, 6.45) is 0.399. The number of anilines is 1. The van der Waals surface area contributed by atoms with E-state index in [4.69, 9.17) is 4.74 Å². The number of ether oxygens (including phenoxy) is 1. The van der Waals surface area contributed by atoms with E-state index in [1.165, 1.54) is 5.56 Å². The first kappa shape index (κ1) is 14.1. The van der Waals surface area contributed by atoms with Crippen LogP contribution in [0.25, 0.3) is 0 Å².